The van der Waals surface area contributed by atoms with Crippen molar-refractivity contribution < 1.29 is 22.7 Å². The topological polar surface area (TPSA) is 76.2 Å². The summed E-state index contributed by atoms with van der Waals surface area (Å²) in [5.74, 6) is 0.800. The van der Waals surface area contributed by atoms with Crippen LogP contribution < -0.4 is 4.74 Å². The van der Waals surface area contributed by atoms with Gasteiger partial charge in [0.2, 0.25) is 15.9 Å². The summed E-state index contributed by atoms with van der Waals surface area (Å²) >= 11 is 0. The summed E-state index contributed by atoms with van der Waals surface area (Å²) in [6.45, 7) is 2.14. The van der Waals surface area contributed by atoms with Crippen molar-refractivity contribution in [3.8, 4) is 5.75 Å². The highest BCUT2D eigenvalue weighted by Crippen LogP contribution is 2.36. The van der Waals surface area contributed by atoms with Gasteiger partial charge in [-0.3, -0.25) is 4.79 Å². The number of fused-ring (bicyclic) bond motifs is 1. The van der Waals surface area contributed by atoms with Gasteiger partial charge in [0.05, 0.1) is 25.8 Å². The van der Waals surface area contributed by atoms with Gasteiger partial charge in [0.25, 0.3) is 0 Å². The maximum absolute atomic E-state index is 12.3. The minimum atomic E-state index is -3.35. The standard InChI is InChI=1S/C18H26N2O5S/c1-24-12-7-17(21)19-10-8-18(9-11-19)14-20(26(2,22)23)13-15-5-3-4-6-16(15)25-18/h3-6H,7-14H2,1-2H3. The minimum Gasteiger partial charge on any atom is -0.485 e. The van der Waals surface area contributed by atoms with Crippen molar-refractivity contribution in [3.05, 3.63) is 29.8 Å². The first kappa shape index (κ1) is 19.1. The van der Waals surface area contributed by atoms with Crippen LogP contribution in [-0.2, 0) is 26.1 Å². The average Bonchev–Trinajstić information content (AvgIpc) is 2.76. The van der Waals surface area contributed by atoms with E-state index in [1.807, 2.05) is 29.2 Å². The van der Waals surface area contributed by atoms with Crippen LogP contribution in [0.4, 0.5) is 0 Å². The number of carbonyl (C=O) groups excluding carboxylic acids is 1. The number of carbonyl (C=O) groups is 1. The molecule has 1 spiro atoms. The van der Waals surface area contributed by atoms with E-state index < -0.39 is 15.6 Å². The Morgan fingerprint density at radius 1 is 1.27 bits per heavy atom. The van der Waals surface area contributed by atoms with E-state index in [2.05, 4.69) is 0 Å². The minimum absolute atomic E-state index is 0.0655. The Kier molecular flexibility index (Phi) is 5.55. The van der Waals surface area contributed by atoms with Crippen molar-refractivity contribution in [2.45, 2.75) is 31.4 Å². The number of nitrogens with zero attached hydrogens (tertiary/aromatic N) is 2. The molecule has 1 aromatic rings. The van der Waals surface area contributed by atoms with Crippen LogP contribution in [0.25, 0.3) is 0 Å². The van der Waals surface area contributed by atoms with Gasteiger partial charge in [-0.25, -0.2) is 8.42 Å². The van der Waals surface area contributed by atoms with Gasteiger partial charge in [0, 0.05) is 45.1 Å². The number of hydrogen-bond donors (Lipinski definition) is 0. The van der Waals surface area contributed by atoms with E-state index in [-0.39, 0.29) is 5.91 Å². The maximum atomic E-state index is 12.3. The van der Waals surface area contributed by atoms with Gasteiger partial charge in [-0.05, 0) is 6.07 Å². The number of piperidine rings is 1. The van der Waals surface area contributed by atoms with Crippen LogP contribution >= 0.6 is 0 Å². The molecule has 8 heteroatoms. The zero-order chi connectivity index (χ0) is 18.8. The summed E-state index contributed by atoms with van der Waals surface area (Å²) in [5.41, 5.74) is 0.265. The third-order valence-electron chi connectivity index (χ3n) is 5.13. The maximum Gasteiger partial charge on any atom is 0.224 e. The molecule has 3 rings (SSSR count). The van der Waals surface area contributed by atoms with Gasteiger partial charge in [-0.2, -0.15) is 4.31 Å². The molecule has 1 saturated heterocycles. The summed E-state index contributed by atoms with van der Waals surface area (Å²) in [6.07, 6.45) is 2.80. The normalized spacial score (nSPS) is 20.3. The van der Waals surface area contributed by atoms with Crippen LogP contribution in [0.3, 0.4) is 0 Å². The Labute approximate surface area is 154 Å². The molecule has 1 fully saturated rings. The second-order valence-electron chi connectivity index (χ2n) is 7.05. The molecule has 2 aliphatic heterocycles. The SMILES string of the molecule is COCCC(=O)N1CCC2(CC1)CN(S(C)(=O)=O)Cc1ccccc1O2. The smallest absolute Gasteiger partial charge is 0.224 e. The largest absolute Gasteiger partial charge is 0.485 e. The molecular formula is C18H26N2O5S. The van der Waals surface area contributed by atoms with Crippen molar-refractivity contribution in [3.63, 3.8) is 0 Å². The zero-order valence-electron chi connectivity index (χ0n) is 15.3. The quantitative estimate of drug-likeness (QED) is 0.783. The Morgan fingerprint density at radius 2 is 1.96 bits per heavy atom. The van der Waals surface area contributed by atoms with Crippen molar-refractivity contribution >= 4 is 15.9 Å². The molecule has 0 aromatic heterocycles. The molecule has 7 nitrogen and oxygen atoms in total. The van der Waals surface area contributed by atoms with Gasteiger partial charge >= 0.3 is 0 Å². The molecule has 0 radical (unpaired) electrons. The lowest BCUT2D eigenvalue weighted by Gasteiger charge is -2.42. The monoisotopic (exact) mass is 382 g/mol. The van der Waals surface area contributed by atoms with E-state index in [4.69, 9.17) is 9.47 Å². The van der Waals surface area contributed by atoms with Gasteiger partial charge in [-0.15, -0.1) is 0 Å². The van der Waals surface area contributed by atoms with Crippen LogP contribution in [-0.4, -0.2) is 68.7 Å². The second kappa shape index (κ2) is 7.54. The lowest BCUT2D eigenvalue weighted by Crippen LogP contribution is -2.55. The molecule has 1 amide bonds. The fourth-order valence-corrected chi connectivity index (χ4v) is 4.42. The Bertz CT molecular complexity index is 757. The third kappa shape index (κ3) is 4.19. The lowest BCUT2D eigenvalue weighted by molar-refractivity contribution is -0.135. The van der Waals surface area contributed by atoms with E-state index >= 15 is 0 Å². The van der Waals surface area contributed by atoms with Gasteiger partial charge in [0.15, 0.2) is 0 Å². The second-order valence-corrected chi connectivity index (χ2v) is 9.03. The Hall–Kier alpha value is -1.64. The van der Waals surface area contributed by atoms with Crippen molar-refractivity contribution in [2.24, 2.45) is 0 Å². The number of methoxy groups -OCH3 is 1. The predicted octanol–water partition coefficient (Wildman–Crippen LogP) is 1.24. The van der Waals surface area contributed by atoms with Crippen molar-refractivity contribution in [2.75, 3.05) is 39.6 Å². The van der Waals surface area contributed by atoms with E-state index in [0.29, 0.717) is 52.0 Å². The molecule has 0 atom stereocenters. The number of benzene rings is 1. The van der Waals surface area contributed by atoms with Crippen LogP contribution in [0.1, 0.15) is 24.8 Å². The van der Waals surface area contributed by atoms with Gasteiger partial charge < -0.3 is 14.4 Å². The summed E-state index contributed by atoms with van der Waals surface area (Å²) in [5, 5.41) is 0. The van der Waals surface area contributed by atoms with E-state index in [1.165, 1.54) is 10.6 Å². The highest BCUT2D eigenvalue weighted by molar-refractivity contribution is 7.88. The predicted molar refractivity (Wildman–Crippen MR) is 97.4 cm³/mol. The number of amides is 1. The van der Waals surface area contributed by atoms with E-state index in [1.54, 1.807) is 7.11 Å². The number of hydrogen-bond acceptors (Lipinski definition) is 5. The van der Waals surface area contributed by atoms with Crippen molar-refractivity contribution in [1.82, 2.24) is 9.21 Å². The summed E-state index contributed by atoms with van der Waals surface area (Å²) < 4.78 is 37.3. The molecule has 0 aliphatic carbocycles. The Balaban J connectivity index is 1.80. The summed E-state index contributed by atoms with van der Waals surface area (Å²) in [6, 6.07) is 7.57. The number of para-hydroxylation sites is 1. The molecule has 2 aliphatic rings. The number of likely N-dealkylation sites (tertiary alicyclic amines) is 1. The molecule has 1 aromatic carbocycles. The summed E-state index contributed by atoms with van der Waals surface area (Å²) in [4.78, 5) is 14.0. The highest BCUT2D eigenvalue weighted by Gasteiger charge is 2.43. The molecular weight excluding hydrogens is 356 g/mol. The average molecular weight is 382 g/mol. The first-order valence-corrected chi connectivity index (χ1v) is 10.7. The third-order valence-corrected chi connectivity index (χ3v) is 6.32. The van der Waals surface area contributed by atoms with Gasteiger partial charge in [-0.1, -0.05) is 18.2 Å². The highest BCUT2D eigenvalue weighted by atomic mass is 32.2. The molecule has 144 valence electrons. The van der Waals surface area contributed by atoms with Crippen LogP contribution in [0, 0.1) is 0 Å². The number of sulfonamides is 1. The number of ether oxygens (including phenoxy) is 2. The van der Waals surface area contributed by atoms with E-state index in [0.717, 1.165) is 11.3 Å². The molecule has 0 N–H and O–H groups in total. The molecule has 26 heavy (non-hydrogen) atoms. The zero-order valence-corrected chi connectivity index (χ0v) is 16.1. The fourth-order valence-electron chi connectivity index (χ4n) is 3.57. The first-order valence-electron chi connectivity index (χ1n) is 8.82. The lowest BCUT2D eigenvalue weighted by atomic mass is 9.90. The van der Waals surface area contributed by atoms with E-state index in [9.17, 15) is 13.2 Å². The Morgan fingerprint density at radius 3 is 2.62 bits per heavy atom. The molecule has 0 saturated carbocycles. The molecule has 0 unspecified atom stereocenters. The molecule has 2 heterocycles. The van der Waals surface area contributed by atoms with Crippen LogP contribution in [0.15, 0.2) is 24.3 Å². The fraction of sp³-hybridized carbons (Fsp3) is 0.611. The summed E-state index contributed by atoms with van der Waals surface area (Å²) in [7, 11) is -1.77. The van der Waals surface area contributed by atoms with Gasteiger partial charge in [0.1, 0.15) is 11.4 Å². The first-order chi connectivity index (χ1) is 12.3. The molecule has 0 bridgehead atoms. The number of rotatable bonds is 4. The van der Waals surface area contributed by atoms with Crippen LogP contribution in [0.5, 0.6) is 5.75 Å². The van der Waals surface area contributed by atoms with Crippen LogP contribution in [0.2, 0.25) is 0 Å². The van der Waals surface area contributed by atoms with Crippen molar-refractivity contribution in [1.29, 1.82) is 0 Å².